The quantitative estimate of drug-likeness (QED) is 0.514. The summed E-state index contributed by atoms with van der Waals surface area (Å²) < 4.78 is 43.7. The Morgan fingerprint density at radius 2 is 1.81 bits per heavy atom. The summed E-state index contributed by atoms with van der Waals surface area (Å²) in [6, 6.07) is 9.66. The van der Waals surface area contributed by atoms with E-state index in [0.29, 0.717) is 39.2 Å². The summed E-state index contributed by atoms with van der Waals surface area (Å²) in [7, 11) is -3.66. The van der Waals surface area contributed by atoms with Crippen molar-refractivity contribution in [1.82, 2.24) is 0 Å². The summed E-state index contributed by atoms with van der Waals surface area (Å²) in [6.07, 6.45) is 0.965. The number of rotatable bonds is 3. The highest BCUT2D eigenvalue weighted by molar-refractivity contribution is 7.86. The van der Waals surface area contributed by atoms with Gasteiger partial charge in [0.1, 0.15) is 11.3 Å². The molecule has 0 bridgehead atoms. The van der Waals surface area contributed by atoms with E-state index in [-0.39, 0.29) is 12.5 Å². The second kappa shape index (κ2) is 5.77. The first-order chi connectivity index (χ1) is 12.3. The Morgan fingerprint density at radius 3 is 2.58 bits per heavy atom. The molecule has 7 nitrogen and oxygen atoms in total. The fourth-order valence-electron chi connectivity index (χ4n) is 2.94. The molecule has 0 fully saturated rings. The zero-order valence-electron chi connectivity index (χ0n) is 13.9. The third-order valence-corrected chi connectivity index (χ3v) is 4.54. The number of hydrogen-bond acceptors (Lipinski definition) is 7. The first-order valence-electron chi connectivity index (χ1n) is 7.69. The molecular weight excluding hydrogens is 360 g/mol. The van der Waals surface area contributed by atoms with Crippen LogP contribution in [0.3, 0.4) is 0 Å². The Balaban J connectivity index is 1.91. The van der Waals surface area contributed by atoms with Crippen molar-refractivity contribution in [2.45, 2.75) is 6.92 Å². The van der Waals surface area contributed by atoms with E-state index in [4.69, 9.17) is 18.1 Å². The van der Waals surface area contributed by atoms with Crippen LogP contribution >= 0.6 is 0 Å². The second-order valence-electron chi connectivity index (χ2n) is 5.90. The molecule has 0 aliphatic carbocycles. The molecule has 0 amide bonds. The molecule has 4 rings (SSSR count). The molecule has 1 aliphatic rings. The monoisotopic (exact) mass is 374 g/mol. The lowest BCUT2D eigenvalue weighted by molar-refractivity contribution is 0.174. The van der Waals surface area contributed by atoms with Gasteiger partial charge in [0.15, 0.2) is 11.5 Å². The van der Waals surface area contributed by atoms with Gasteiger partial charge in [-0.2, -0.15) is 8.42 Å². The fourth-order valence-corrected chi connectivity index (χ4v) is 3.40. The summed E-state index contributed by atoms with van der Waals surface area (Å²) in [4.78, 5) is 12.5. The van der Waals surface area contributed by atoms with Gasteiger partial charge in [-0.05, 0) is 48.4 Å². The smallest absolute Gasteiger partial charge is 0.344 e. The van der Waals surface area contributed by atoms with Crippen LogP contribution in [0.2, 0.25) is 0 Å². The largest absolute Gasteiger partial charge is 0.454 e. The lowest BCUT2D eigenvalue weighted by Crippen LogP contribution is -2.07. The zero-order valence-corrected chi connectivity index (χ0v) is 14.8. The second-order valence-corrected chi connectivity index (χ2v) is 7.48. The maximum absolute atomic E-state index is 12.5. The molecule has 0 unspecified atom stereocenters. The predicted molar refractivity (Wildman–Crippen MR) is 94.3 cm³/mol. The van der Waals surface area contributed by atoms with Gasteiger partial charge >= 0.3 is 15.7 Å². The number of aryl methyl sites for hydroxylation is 1. The minimum atomic E-state index is -3.66. The molecule has 0 radical (unpaired) electrons. The van der Waals surface area contributed by atoms with Gasteiger partial charge < -0.3 is 18.1 Å². The molecule has 8 heteroatoms. The molecule has 1 aliphatic heterocycles. The molecule has 0 atom stereocenters. The Labute approximate surface area is 148 Å². The minimum absolute atomic E-state index is 0.135. The standard InChI is InChI=1S/C18H14O7S/c1-10-13-8-12(25-26(2,20)21)4-6-14(13)24-18(19)17(10)11-3-5-15-16(7-11)23-9-22-15/h3-8H,9H2,1-2H3. The molecule has 26 heavy (non-hydrogen) atoms. The summed E-state index contributed by atoms with van der Waals surface area (Å²) >= 11 is 0. The summed E-state index contributed by atoms with van der Waals surface area (Å²) in [5, 5.41) is 0.582. The molecule has 0 saturated heterocycles. The average molecular weight is 374 g/mol. The SMILES string of the molecule is Cc1c(-c2ccc3c(c2)OCO3)c(=O)oc2ccc(OS(C)(=O)=O)cc12. The maximum atomic E-state index is 12.5. The summed E-state index contributed by atoms with van der Waals surface area (Å²) in [6.45, 7) is 1.90. The van der Waals surface area contributed by atoms with Crippen LogP contribution in [-0.4, -0.2) is 21.5 Å². The molecule has 2 aromatic carbocycles. The molecule has 2 heterocycles. The highest BCUT2D eigenvalue weighted by Gasteiger charge is 2.19. The third kappa shape index (κ3) is 2.88. The van der Waals surface area contributed by atoms with Crippen LogP contribution < -0.4 is 19.3 Å². The number of hydrogen-bond donors (Lipinski definition) is 0. The van der Waals surface area contributed by atoms with Crippen LogP contribution in [0, 0.1) is 6.92 Å². The van der Waals surface area contributed by atoms with E-state index in [1.807, 2.05) is 0 Å². The van der Waals surface area contributed by atoms with Crippen LogP contribution in [0.5, 0.6) is 17.2 Å². The average Bonchev–Trinajstić information content (AvgIpc) is 3.02. The van der Waals surface area contributed by atoms with Gasteiger partial charge in [-0.3, -0.25) is 0 Å². The minimum Gasteiger partial charge on any atom is -0.454 e. The van der Waals surface area contributed by atoms with E-state index in [1.54, 1.807) is 25.1 Å². The van der Waals surface area contributed by atoms with Crippen molar-refractivity contribution in [3.8, 4) is 28.4 Å². The van der Waals surface area contributed by atoms with Crippen LogP contribution in [-0.2, 0) is 10.1 Å². The predicted octanol–water partition coefficient (Wildman–Crippen LogP) is 2.84. The Morgan fingerprint density at radius 1 is 1.04 bits per heavy atom. The van der Waals surface area contributed by atoms with E-state index < -0.39 is 15.7 Å². The van der Waals surface area contributed by atoms with Crippen molar-refractivity contribution in [1.29, 1.82) is 0 Å². The van der Waals surface area contributed by atoms with Gasteiger partial charge in [-0.1, -0.05) is 6.07 Å². The number of ether oxygens (including phenoxy) is 2. The lowest BCUT2D eigenvalue weighted by atomic mass is 9.99. The molecule has 0 saturated carbocycles. The van der Waals surface area contributed by atoms with Gasteiger partial charge in [-0.25, -0.2) is 4.79 Å². The van der Waals surface area contributed by atoms with Gasteiger partial charge in [0, 0.05) is 5.39 Å². The molecule has 0 spiro atoms. The summed E-state index contributed by atoms with van der Waals surface area (Å²) in [5.41, 5.74) is 1.49. The topological polar surface area (TPSA) is 92.0 Å². The van der Waals surface area contributed by atoms with E-state index in [9.17, 15) is 13.2 Å². The Bertz CT molecular complexity index is 1190. The first-order valence-corrected chi connectivity index (χ1v) is 9.50. The van der Waals surface area contributed by atoms with Gasteiger partial charge in [0.25, 0.3) is 0 Å². The number of fused-ring (bicyclic) bond motifs is 2. The fraction of sp³-hybridized carbons (Fsp3) is 0.167. The highest BCUT2D eigenvalue weighted by atomic mass is 32.2. The third-order valence-electron chi connectivity index (χ3n) is 4.05. The Hall–Kier alpha value is -3.00. The molecule has 3 aromatic rings. The van der Waals surface area contributed by atoms with Crippen molar-refractivity contribution in [3.63, 3.8) is 0 Å². The van der Waals surface area contributed by atoms with E-state index >= 15 is 0 Å². The molecular formula is C18H14O7S. The van der Waals surface area contributed by atoms with E-state index in [0.717, 1.165) is 6.26 Å². The Kier molecular flexibility index (Phi) is 3.66. The number of benzene rings is 2. The van der Waals surface area contributed by atoms with Crippen molar-refractivity contribution >= 4 is 21.1 Å². The van der Waals surface area contributed by atoms with Crippen LogP contribution in [0.1, 0.15) is 5.56 Å². The molecule has 1 aromatic heterocycles. The van der Waals surface area contributed by atoms with E-state index in [2.05, 4.69) is 0 Å². The first kappa shape index (κ1) is 16.5. The van der Waals surface area contributed by atoms with Crippen molar-refractivity contribution in [3.05, 3.63) is 52.4 Å². The van der Waals surface area contributed by atoms with Crippen LogP contribution in [0.4, 0.5) is 0 Å². The normalized spacial score (nSPS) is 13.2. The van der Waals surface area contributed by atoms with E-state index in [1.165, 1.54) is 18.2 Å². The highest BCUT2D eigenvalue weighted by Crippen LogP contribution is 2.37. The van der Waals surface area contributed by atoms with Crippen molar-refractivity contribution in [2.24, 2.45) is 0 Å². The zero-order chi connectivity index (χ0) is 18.5. The maximum Gasteiger partial charge on any atom is 0.344 e. The van der Waals surface area contributed by atoms with Crippen molar-refractivity contribution < 1.29 is 26.5 Å². The molecule has 134 valence electrons. The van der Waals surface area contributed by atoms with Crippen LogP contribution in [0.25, 0.3) is 22.1 Å². The molecule has 0 N–H and O–H groups in total. The van der Waals surface area contributed by atoms with Gasteiger partial charge in [-0.15, -0.1) is 0 Å². The van der Waals surface area contributed by atoms with Gasteiger partial charge in [0.05, 0.1) is 11.8 Å². The van der Waals surface area contributed by atoms with Gasteiger partial charge in [0.2, 0.25) is 6.79 Å². The van der Waals surface area contributed by atoms with Crippen LogP contribution in [0.15, 0.2) is 45.6 Å². The summed E-state index contributed by atoms with van der Waals surface area (Å²) in [5.74, 6) is 1.31. The lowest BCUT2D eigenvalue weighted by Gasteiger charge is -2.10. The van der Waals surface area contributed by atoms with Crippen molar-refractivity contribution in [2.75, 3.05) is 13.0 Å².